The van der Waals surface area contributed by atoms with E-state index in [9.17, 15) is 9.59 Å². The van der Waals surface area contributed by atoms with Crippen molar-refractivity contribution in [1.82, 2.24) is 5.32 Å². The summed E-state index contributed by atoms with van der Waals surface area (Å²) in [6.07, 6.45) is 7.18. The fraction of sp³-hybridized carbons (Fsp3) is 0.529. The second-order valence-electron chi connectivity index (χ2n) is 6.21. The predicted octanol–water partition coefficient (Wildman–Crippen LogP) is 3.16. The van der Waals surface area contributed by atoms with E-state index in [0.29, 0.717) is 6.42 Å². The molecule has 1 aromatic rings. The maximum Gasteiger partial charge on any atom is 0.234 e. The predicted molar refractivity (Wildman–Crippen MR) is 77.1 cm³/mol. The van der Waals surface area contributed by atoms with Crippen molar-refractivity contribution in [2.24, 2.45) is 5.41 Å². The first kappa shape index (κ1) is 13.3. The molecule has 1 saturated heterocycles. The van der Waals surface area contributed by atoms with Crippen molar-refractivity contribution in [3.63, 3.8) is 0 Å². The molecule has 1 unspecified atom stereocenters. The van der Waals surface area contributed by atoms with Gasteiger partial charge in [-0.2, -0.15) is 0 Å². The highest BCUT2D eigenvalue weighted by Crippen LogP contribution is 2.50. The molecule has 0 radical (unpaired) electrons. The lowest BCUT2D eigenvalue weighted by molar-refractivity contribution is -0.140. The minimum Gasteiger partial charge on any atom is -0.296 e. The second kappa shape index (κ2) is 5.39. The molecule has 3 rings (SSSR count). The Bertz CT molecular complexity index is 501. The molecular weight excluding hydrogens is 250 g/mol. The summed E-state index contributed by atoms with van der Waals surface area (Å²) < 4.78 is 0. The molecule has 1 saturated carbocycles. The summed E-state index contributed by atoms with van der Waals surface area (Å²) in [6.45, 7) is 0. The molecule has 2 amide bonds. The molecule has 2 aliphatic rings. The van der Waals surface area contributed by atoms with E-state index in [0.717, 1.165) is 31.2 Å². The van der Waals surface area contributed by atoms with E-state index in [-0.39, 0.29) is 23.1 Å². The topological polar surface area (TPSA) is 46.2 Å². The Balaban J connectivity index is 2.01. The van der Waals surface area contributed by atoms with Crippen molar-refractivity contribution in [3.8, 4) is 0 Å². The van der Waals surface area contributed by atoms with Crippen LogP contribution in [0.4, 0.5) is 0 Å². The normalized spacial score (nSPS) is 26.1. The van der Waals surface area contributed by atoms with E-state index >= 15 is 0 Å². The van der Waals surface area contributed by atoms with Crippen LogP contribution in [0.5, 0.6) is 0 Å². The van der Waals surface area contributed by atoms with Gasteiger partial charge in [0.1, 0.15) is 0 Å². The van der Waals surface area contributed by atoms with E-state index in [1.807, 2.05) is 30.3 Å². The fourth-order valence-corrected chi connectivity index (χ4v) is 4.00. The summed E-state index contributed by atoms with van der Waals surface area (Å²) >= 11 is 0. The molecule has 3 nitrogen and oxygen atoms in total. The standard InChI is InChI=1S/C17H21NO2/c19-14-12-17(10-6-1-2-7-11-17)15(16(20)18-14)13-8-4-3-5-9-13/h3-5,8-9,15H,1-2,6-7,10-12H2,(H,18,19,20). The Kier molecular flexibility index (Phi) is 3.60. The number of carbonyl (C=O) groups is 2. The first-order chi connectivity index (χ1) is 9.71. The van der Waals surface area contributed by atoms with Crippen LogP contribution in [0.3, 0.4) is 0 Å². The summed E-state index contributed by atoms with van der Waals surface area (Å²) in [7, 11) is 0. The third kappa shape index (κ3) is 2.37. The lowest BCUT2D eigenvalue weighted by Gasteiger charge is -2.42. The number of piperidine rings is 1. The fourth-order valence-electron chi connectivity index (χ4n) is 4.00. The summed E-state index contributed by atoms with van der Waals surface area (Å²) in [5.74, 6) is -0.363. The monoisotopic (exact) mass is 271 g/mol. The van der Waals surface area contributed by atoms with Crippen molar-refractivity contribution in [1.29, 1.82) is 0 Å². The van der Waals surface area contributed by atoms with Gasteiger partial charge in [0.2, 0.25) is 11.8 Å². The van der Waals surface area contributed by atoms with Crippen LogP contribution in [0.2, 0.25) is 0 Å². The van der Waals surface area contributed by atoms with Gasteiger partial charge in [-0.3, -0.25) is 14.9 Å². The number of amides is 2. The Morgan fingerprint density at radius 2 is 1.60 bits per heavy atom. The summed E-state index contributed by atoms with van der Waals surface area (Å²) in [5.41, 5.74) is 0.900. The van der Waals surface area contributed by atoms with Gasteiger partial charge in [0.25, 0.3) is 0 Å². The molecule has 1 N–H and O–H groups in total. The van der Waals surface area contributed by atoms with Crippen molar-refractivity contribution < 1.29 is 9.59 Å². The molecular formula is C17H21NO2. The van der Waals surface area contributed by atoms with Crippen LogP contribution in [0, 0.1) is 5.41 Å². The van der Waals surface area contributed by atoms with Gasteiger partial charge >= 0.3 is 0 Å². The minimum absolute atomic E-state index is 0.0934. The van der Waals surface area contributed by atoms with Crippen LogP contribution in [-0.4, -0.2) is 11.8 Å². The van der Waals surface area contributed by atoms with E-state index in [1.54, 1.807) is 0 Å². The molecule has 2 fully saturated rings. The van der Waals surface area contributed by atoms with E-state index in [2.05, 4.69) is 5.32 Å². The van der Waals surface area contributed by atoms with E-state index in [4.69, 9.17) is 0 Å². The average Bonchev–Trinajstić information content (AvgIpc) is 2.65. The van der Waals surface area contributed by atoms with Gasteiger partial charge in [-0.1, -0.05) is 56.0 Å². The highest BCUT2D eigenvalue weighted by molar-refractivity contribution is 6.02. The number of imide groups is 1. The van der Waals surface area contributed by atoms with Gasteiger partial charge in [0.05, 0.1) is 5.92 Å². The molecule has 1 spiro atoms. The molecule has 1 atom stereocenters. The van der Waals surface area contributed by atoms with E-state index < -0.39 is 0 Å². The molecule has 0 aromatic heterocycles. The molecule has 3 heteroatoms. The molecule has 1 aliphatic carbocycles. The van der Waals surface area contributed by atoms with Crippen LogP contribution in [0.25, 0.3) is 0 Å². The smallest absolute Gasteiger partial charge is 0.234 e. The first-order valence-corrected chi connectivity index (χ1v) is 7.60. The average molecular weight is 271 g/mol. The van der Waals surface area contributed by atoms with Gasteiger partial charge in [0.15, 0.2) is 0 Å². The lowest BCUT2D eigenvalue weighted by Crippen LogP contribution is -2.50. The van der Waals surface area contributed by atoms with E-state index in [1.165, 1.54) is 12.8 Å². The number of benzene rings is 1. The van der Waals surface area contributed by atoms with Crippen molar-refractivity contribution in [3.05, 3.63) is 35.9 Å². The second-order valence-corrected chi connectivity index (χ2v) is 6.21. The summed E-state index contributed by atoms with van der Waals surface area (Å²) in [4.78, 5) is 24.4. The Morgan fingerprint density at radius 1 is 0.950 bits per heavy atom. The van der Waals surface area contributed by atoms with Gasteiger partial charge < -0.3 is 0 Å². The van der Waals surface area contributed by atoms with Crippen LogP contribution >= 0.6 is 0 Å². The van der Waals surface area contributed by atoms with Gasteiger partial charge in [-0.05, 0) is 23.8 Å². The van der Waals surface area contributed by atoms with Crippen LogP contribution in [0.1, 0.15) is 56.4 Å². The summed E-state index contributed by atoms with van der Waals surface area (Å²) in [5, 5.41) is 2.54. The van der Waals surface area contributed by atoms with Crippen LogP contribution in [-0.2, 0) is 9.59 Å². The minimum atomic E-state index is -0.167. The molecule has 1 aromatic carbocycles. The molecule has 20 heavy (non-hydrogen) atoms. The number of carbonyl (C=O) groups excluding carboxylic acids is 2. The number of hydrogen-bond donors (Lipinski definition) is 1. The zero-order valence-electron chi connectivity index (χ0n) is 11.7. The highest BCUT2D eigenvalue weighted by Gasteiger charge is 2.48. The maximum absolute atomic E-state index is 12.5. The third-order valence-electron chi connectivity index (χ3n) is 4.88. The highest BCUT2D eigenvalue weighted by atomic mass is 16.2. The SMILES string of the molecule is O=C1CC2(CCCCCC2)C(c2ccccc2)C(=O)N1. The van der Waals surface area contributed by atoms with Gasteiger partial charge in [0, 0.05) is 6.42 Å². The van der Waals surface area contributed by atoms with Gasteiger partial charge in [-0.25, -0.2) is 0 Å². The number of rotatable bonds is 1. The van der Waals surface area contributed by atoms with Crippen LogP contribution in [0.15, 0.2) is 30.3 Å². The van der Waals surface area contributed by atoms with Crippen molar-refractivity contribution >= 4 is 11.8 Å². The Hall–Kier alpha value is -1.64. The molecule has 1 heterocycles. The zero-order valence-corrected chi connectivity index (χ0v) is 11.7. The third-order valence-corrected chi connectivity index (χ3v) is 4.88. The lowest BCUT2D eigenvalue weighted by atomic mass is 9.63. The number of nitrogens with one attached hydrogen (secondary N) is 1. The first-order valence-electron chi connectivity index (χ1n) is 7.60. The maximum atomic E-state index is 12.5. The largest absolute Gasteiger partial charge is 0.296 e. The Morgan fingerprint density at radius 3 is 2.25 bits per heavy atom. The van der Waals surface area contributed by atoms with Gasteiger partial charge in [-0.15, -0.1) is 0 Å². The summed E-state index contributed by atoms with van der Waals surface area (Å²) in [6, 6.07) is 9.96. The Labute approximate surface area is 119 Å². The van der Waals surface area contributed by atoms with Crippen molar-refractivity contribution in [2.45, 2.75) is 50.9 Å². The van der Waals surface area contributed by atoms with Crippen molar-refractivity contribution in [2.75, 3.05) is 0 Å². The number of hydrogen-bond acceptors (Lipinski definition) is 2. The molecule has 1 aliphatic heterocycles. The molecule has 0 bridgehead atoms. The molecule has 106 valence electrons. The zero-order chi connectivity index (χ0) is 14.0. The van der Waals surface area contributed by atoms with Crippen LogP contribution < -0.4 is 5.32 Å². The quantitative estimate of drug-likeness (QED) is 0.797.